The highest BCUT2D eigenvalue weighted by Gasteiger charge is 2.19. The van der Waals surface area contributed by atoms with Gasteiger partial charge in [0.15, 0.2) is 6.10 Å². The summed E-state index contributed by atoms with van der Waals surface area (Å²) in [5.74, 6) is -0.922. The second-order valence-corrected chi connectivity index (χ2v) is 19.2. The monoisotopic (exact) mass is 961 g/mol. The van der Waals surface area contributed by atoms with Gasteiger partial charge in [-0.25, -0.2) is 0 Å². The lowest BCUT2D eigenvalue weighted by Gasteiger charge is -2.18. The molecular weight excluding hydrogens is 853 g/mol. The smallest absolute Gasteiger partial charge is 0.306 e. The van der Waals surface area contributed by atoms with Crippen LogP contribution in [0.2, 0.25) is 0 Å². The van der Waals surface area contributed by atoms with Crippen molar-refractivity contribution in [2.75, 3.05) is 13.2 Å². The highest BCUT2D eigenvalue weighted by atomic mass is 16.6. The maximum Gasteiger partial charge on any atom is 0.306 e. The van der Waals surface area contributed by atoms with Gasteiger partial charge >= 0.3 is 17.9 Å². The molecule has 0 aromatic carbocycles. The standard InChI is InChI=1S/C63H108O6/c1-4-7-10-13-16-19-22-25-28-30-31-33-35-38-41-44-47-50-53-56-62(65)68-59-60(58-67-61(64)55-52-49-46-43-40-37-34-27-24-21-18-15-12-9-6-3)69-63(66)57-54-51-48-45-42-39-36-32-29-26-23-20-17-14-11-8-5-2/h7,10,16-17,19-20,25-26,28-29,31,33,38,41,60H,4-6,8-9,11-15,18,21-24,27,30,32,34-37,39-40,42-59H2,1-3H3/b10-7-,19-16-,20-17-,28-25-,29-26-,33-31-,41-38-/t60-/m0/s1. The van der Waals surface area contributed by atoms with E-state index >= 15 is 0 Å². The van der Waals surface area contributed by atoms with Gasteiger partial charge in [-0.2, -0.15) is 0 Å². The molecule has 0 fully saturated rings. The molecule has 0 unspecified atom stereocenters. The van der Waals surface area contributed by atoms with Crippen LogP contribution < -0.4 is 0 Å². The summed E-state index contributed by atoms with van der Waals surface area (Å²) in [6, 6.07) is 0. The van der Waals surface area contributed by atoms with Gasteiger partial charge in [-0.1, -0.05) is 247 Å². The van der Waals surface area contributed by atoms with Crippen molar-refractivity contribution in [1.82, 2.24) is 0 Å². The third-order valence-electron chi connectivity index (χ3n) is 12.4. The Hall–Kier alpha value is -3.41. The predicted octanol–water partition coefficient (Wildman–Crippen LogP) is 19.5. The third-order valence-corrected chi connectivity index (χ3v) is 12.4. The first-order valence-electron chi connectivity index (χ1n) is 29.1. The van der Waals surface area contributed by atoms with Crippen LogP contribution in [-0.4, -0.2) is 37.2 Å². The van der Waals surface area contributed by atoms with Gasteiger partial charge in [0.25, 0.3) is 0 Å². The molecule has 0 aliphatic rings. The Morgan fingerprint density at radius 2 is 0.565 bits per heavy atom. The van der Waals surface area contributed by atoms with Crippen LogP contribution in [0.1, 0.15) is 278 Å². The van der Waals surface area contributed by atoms with Crippen molar-refractivity contribution in [2.24, 2.45) is 0 Å². The molecule has 6 nitrogen and oxygen atoms in total. The molecule has 69 heavy (non-hydrogen) atoms. The predicted molar refractivity (Wildman–Crippen MR) is 297 cm³/mol. The van der Waals surface area contributed by atoms with Crippen molar-refractivity contribution >= 4 is 17.9 Å². The number of ether oxygens (including phenoxy) is 3. The van der Waals surface area contributed by atoms with E-state index in [0.717, 1.165) is 109 Å². The fourth-order valence-corrected chi connectivity index (χ4v) is 8.03. The van der Waals surface area contributed by atoms with Crippen molar-refractivity contribution in [1.29, 1.82) is 0 Å². The molecule has 396 valence electrons. The summed E-state index contributed by atoms with van der Waals surface area (Å²) < 4.78 is 16.9. The van der Waals surface area contributed by atoms with E-state index in [1.54, 1.807) is 0 Å². The number of allylic oxidation sites excluding steroid dienone is 14. The van der Waals surface area contributed by atoms with Crippen LogP contribution in [-0.2, 0) is 28.6 Å². The zero-order valence-corrected chi connectivity index (χ0v) is 45.3. The second kappa shape index (κ2) is 57.2. The number of rotatable bonds is 52. The van der Waals surface area contributed by atoms with Crippen molar-refractivity contribution in [2.45, 2.75) is 284 Å². The van der Waals surface area contributed by atoms with Crippen LogP contribution in [0, 0.1) is 0 Å². The van der Waals surface area contributed by atoms with Crippen molar-refractivity contribution < 1.29 is 28.6 Å². The fraction of sp³-hybridized carbons (Fsp3) is 0.730. The van der Waals surface area contributed by atoms with Crippen molar-refractivity contribution in [3.63, 3.8) is 0 Å². The zero-order chi connectivity index (χ0) is 50.0. The van der Waals surface area contributed by atoms with E-state index in [9.17, 15) is 14.4 Å². The Kier molecular flexibility index (Phi) is 54.3. The largest absolute Gasteiger partial charge is 0.462 e. The van der Waals surface area contributed by atoms with E-state index in [4.69, 9.17) is 14.2 Å². The second-order valence-electron chi connectivity index (χ2n) is 19.2. The molecule has 0 saturated heterocycles. The molecule has 1 atom stereocenters. The molecule has 0 amide bonds. The number of esters is 3. The summed E-state index contributed by atoms with van der Waals surface area (Å²) in [5.41, 5.74) is 0. The van der Waals surface area contributed by atoms with Gasteiger partial charge in [0.1, 0.15) is 13.2 Å². The third kappa shape index (κ3) is 55.4. The maximum atomic E-state index is 12.9. The molecule has 0 aromatic heterocycles. The molecule has 0 aromatic rings. The molecule has 0 spiro atoms. The Balaban J connectivity index is 4.45. The molecule has 0 aliphatic carbocycles. The summed E-state index contributed by atoms with van der Waals surface area (Å²) in [4.78, 5) is 38.2. The summed E-state index contributed by atoms with van der Waals surface area (Å²) in [7, 11) is 0. The minimum absolute atomic E-state index is 0.0885. The molecule has 0 saturated carbocycles. The topological polar surface area (TPSA) is 78.9 Å². The number of carbonyl (C=O) groups is 3. The lowest BCUT2D eigenvalue weighted by atomic mass is 10.0. The van der Waals surface area contributed by atoms with Gasteiger partial charge in [0.05, 0.1) is 0 Å². The maximum absolute atomic E-state index is 12.9. The molecular formula is C63H108O6. The summed E-state index contributed by atoms with van der Waals surface area (Å²) in [6.07, 6.45) is 74.2. The molecule has 0 radical (unpaired) electrons. The highest BCUT2D eigenvalue weighted by Crippen LogP contribution is 2.16. The van der Waals surface area contributed by atoms with Gasteiger partial charge in [0.2, 0.25) is 0 Å². The van der Waals surface area contributed by atoms with Crippen molar-refractivity contribution in [3.8, 4) is 0 Å². The van der Waals surface area contributed by atoms with E-state index < -0.39 is 6.10 Å². The van der Waals surface area contributed by atoms with Gasteiger partial charge in [-0.05, 0) is 96.3 Å². The van der Waals surface area contributed by atoms with Gasteiger partial charge in [0, 0.05) is 19.3 Å². The van der Waals surface area contributed by atoms with E-state index in [1.807, 2.05) is 0 Å². The van der Waals surface area contributed by atoms with E-state index in [2.05, 4.69) is 106 Å². The Labute approximate surface area is 426 Å². The molecule has 6 heteroatoms. The van der Waals surface area contributed by atoms with E-state index in [1.165, 1.54) is 128 Å². The van der Waals surface area contributed by atoms with Crippen LogP contribution in [0.25, 0.3) is 0 Å². The van der Waals surface area contributed by atoms with Crippen LogP contribution >= 0.6 is 0 Å². The zero-order valence-electron chi connectivity index (χ0n) is 45.3. The fourth-order valence-electron chi connectivity index (χ4n) is 8.03. The molecule has 0 heterocycles. The Bertz CT molecular complexity index is 1330. The average molecular weight is 962 g/mol. The van der Waals surface area contributed by atoms with Crippen LogP contribution in [0.5, 0.6) is 0 Å². The van der Waals surface area contributed by atoms with Crippen LogP contribution in [0.4, 0.5) is 0 Å². The minimum Gasteiger partial charge on any atom is -0.462 e. The summed E-state index contributed by atoms with van der Waals surface area (Å²) >= 11 is 0. The number of hydrogen-bond donors (Lipinski definition) is 0. The first kappa shape index (κ1) is 65.6. The van der Waals surface area contributed by atoms with Crippen molar-refractivity contribution in [3.05, 3.63) is 85.1 Å². The van der Waals surface area contributed by atoms with Gasteiger partial charge in [-0.3, -0.25) is 14.4 Å². The first-order chi connectivity index (χ1) is 34.0. The molecule has 0 N–H and O–H groups in total. The number of carbonyl (C=O) groups excluding carboxylic acids is 3. The lowest BCUT2D eigenvalue weighted by Crippen LogP contribution is -2.30. The van der Waals surface area contributed by atoms with E-state index in [-0.39, 0.29) is 31.1 Å². The van der Waals surface area contributed by atoms with Gasteiger partial charge in [-0.15, -0.1) is 0 Å². The number of unbranched alkanes of at least 4 members (excludes halogenated alkanes) is 27. The Morgan fingerprint density at radius 3 is 0.928 bits per heavy atom. The van der Waals surface area contributed by atoms with Gasteiger partial charge < -0.3 is 14.2 Å². The average Bonchev–Trinajstić information content (AvgIpc) is 3.35. The normalized spacial score (nSPS) is 12.7. The summed E-state index contributed by atoms with van der Waals surface area (Å²) in [6.45, 7) is 6.49. The Morgan fingerprint density at radius 1 is 0.304 bits per heavy atom. The molecule has 0 rings (SSSR count). The SMILES string of the molecule is CC/C=C\C/C=C\C/C=C\C/C=C\C/C=C\CCCCCC(=O)OC[C@H](COC(=O)CCCCCCCCCCCCCCCCC)OC(=O)CCCCCCCCC/C=C\C/C=C\CCCCC. The number of hydrogen-bond acceptors (Lipinski definition) is 6. The van der Waals surface area contributed by atoms with E-state index in [0.29, 0.717) is 19.3 Å². The lowest BCUT2D eigenvalue weighted by molar-refractivity contribution is -0.167. The first-order valence-corrected chi connectivity index (χ1v) is 29.1. The van der Waals surface area contributed by atoms with Crippen LogP contribution in [0.15, 0.2) is 85.1 Å². The van der Waals surface area contributed by atoms with Crippen LogP contribution in [0.3, 0.4) is 0 Å². The molecule has 0 bridgehead atoms. The quantitative estimate of drug-likeness (QED) is 0.0262. The highest BCUT2D eigenvalue weighted by molar-refractivity contribution is 5.71. The molecule has 0 aliphatic heterocycles. The minimum atomic E-state index is -0.794. The summed E-state index contributed by atoms with van der Waals surface area (Å²) in [5, 5.41) is 0.